The molecule has 6 heteroatoms. The van der Waals surface area contributed by atoms with Crippen LogP contribution < -0.4 is 10.1 Å². The summed E-state index contributed by atoms with van der Waals surface area (Å²) >= 11 is 3.28. The number of aromatic nitrogens is 3. The quantitative estimate of drug-likeness (QED) is 0.937. The van der Waals surface area contributed by atoms with Crippen LogP contribution in [-0.4, -0.2) is 22.1 Å². The molecular formula is C11H11BrN4O. The van der Waals surface area contributed by atoms with Gasteiger partial charge in [-0.15, -0.1) is 0 Å². The van der Waals surface area contributed by atoms with Gasteiger partial charge in [-0.3, -0.25) is 0 Å². The zero-order chi connectivity index (χ0) is 12.1. The molecule has 2 heterocycles. The Balaban J connectivity index is 1.99. The number of hydrogen-bond acceptors (Lipinski definition) is 5. The molecule has 88 valence electrons. The zero-order valence-electron chi connectivity index (χ0n) is 9.22. The lowest BCUT2D eigenvalue weighted by atomic mass is 10.2. The number of nitrogens with zero attached hydrogens (tertiary/aromatic N) is 3. The van der Waals surface area contributed by atoms with Gasteiger partial charge >= 0.3 is 0 Å². The molecule has 1 N–H and O–H groups in total. The van der Waals surface area contributed by atoms with Crippen molar-refractivity contribution in [1.82, 2.24) is 15.0 Å². The highest BCUT2D eigenvalue weighted by molar-refractivity contribution is 9.10. The normalized spacial score (nSPS) is 10.0. The van der Waals surface area contributed by atoms with Crippen LogP contribution in [0.15, 0.2) is 35.2 Å². The first-order chi connectivity index (χ1) is 8.28. The summed E-state index contributed by atoms with van der Waals surface area (Å²) in [5.41, 5.74) is 1.06. The molecule has 0 spiro atoms. The van der Waals surface area contributed by atoms with E-state index in [2.05, 4.69) is 36.2 Å². The molecule has 0 saturated carbocycles. The second kappa shape index (κ2) is 5.58. The second-order valence-electron chi connectivity index (χ2n) is 3.28. The highest BCUT2D eigenvalue weighted by atomic mass is 79.9. The van der Waals surface area contributed by atoms with E-state index in [0.717, 1.165) is 10.0 Å². The van der Waals surface area contributed by atoms with Crippen molar-refractivity contribution in [2.24, 2.45) is 0 Å². The van der Waals surface area contributed by atoms with Gasteiger partial charge < -0.3 is 10.1 Å². The van der Waals surface area contributed by atoms with Gasteiger partial charge in [0.15, 0.2) is 0 Å². The lowest BCUT2D eigenvalue weighted by Crippen LogP contribution is -2.03. The highest BCUT2D eigenvalue weighted by Gasteiger charge is 1.99. The minimum atomic E-state index is 0.587. The number of nitrogens with one attached hydrogen (secondary N) is 1. The van der Waals surface area contributed by atoms with Gasteiger partial charge in [0.1, 0.15) is 0 Å². The van der Waals surface area contributed by atoms with E-state index in [1.54, 1.807) is 25.7 Å². The summed E-state index contributed by atoms with van der Waals surface area (Å²) in [7, 11) is 1.59. The molecule has 0 amide bonds. The summed E-state index contributed by atoms with van der Waals surface area (Å²) in [5.74, 6) is 1.19. The zero-order valence-corrected chi connectivity index (χ0v) is 10.8. The molecular weight excluding hydrogens is 284 g/mol. The van der Waals surface area contributed by atoms with E-state index in [-0.39, 0.29) is 0 Å². The summed E-state index contributed by atoms with van der Waals surface area (Å²) < 4.78 is 5.90. The maximum Gasteiger partial charge on any atom is 0.222 e. The number of pyridine rings is 1. The number of anilines is 1. The average molecular weight is 295 g/mol. The van der Waals surface area contributed by atoms with Crippen LogP contribution in [0.4, 0.5) is 5.95 Å². The lowest BCUT2D eigenvalue weighted by molar-refractivity contribution is 0.397. The van der Waals surface area contributed by atoms with Crippen molar-refractivity contribution in [3.63, 3.8) is 0 Å². The van der Waals surface area contributed by atoms with E-state index in [1.165, 1.54) is 0 Å². The van der Waals surface area contributed by atoms with E-state index >= 15 is 0 Å². The second-order valence-corrected chi connectivity index (χ2v) is 4.20. The number of hydrogen-bond donors (Lipinski definition) is 1. The van der Waals surface area contributed by atoms with Crippen LogP contribution >= 0.6 is 15.9 Å². The SMILES string of the molecule is COc1cc(CNc2ncc(Br)cn2)ccn1. The molecule has 5 nitrogen and oxygen atoms in total. The fraction of sp³-hybridized carbons (Fsp3) is 0.182. The van der Waals surface area contributed by atoms with Crippen molar-refractivity contribution in [3.8, 4) is 5.88 Å². The van der Waals surface area contributed by atoms with Crippen LogP contribution in [0.5, 0.6) is 5.88 Å². The van der Waals surface area contributed by atoms with Crippen LogP contribution in [-0.2, 0) is 6.54 Å². The van der Waals surface area contributed by atoms with Crippen molar-refractivity contribution in [2.45, 2.75) is 6.54 Å². The number of methoxy groups -OCH3 is 1. The summed E-state index contributed by atoms with van der Waals surface area (Å²) in [6.45, 7) is 0.626. The first-order valence-electron chi connectivity index (χ1n) is 4.98. The Hall–Kier alpha value is -1.69. The minimum absolute atomic E-state index is 0.587. The molecule has 0 fully saturated rings. The van der Waals surface area contributed by atoms with Crippen LogP contribution in [0.1, 0.15) is 5.56 Å². The third-order valence-corrected chi connectivity index (χ3v) is 2.49. The molecule has 0 atom stereocenters. The largest absolute Gasteiger partial charge is 0.481 e. The smallest absolute Gasteiger partial charge is 0.222 e. The molecule has 17 heavy (non-hydrogen) atoms. The molecule has 2 aromatic rings. The molecule has 0 bridgehead atoms. The third kappa shape index (κ3) is 3.39. The molecule has 0 unspecified atom stereocenters. The Morgan fingerprint density at radius 1 is 1.29 bits per heavy atom. The van der Waals surface area contributed by atoms with E-state index in [4.69, 9.17) is 4.74 Å². The van der Waals surface area contributed by atoms with Gasteiger partial charge in [0.2, 0.25) is 11.8 Å². The summed E-state index contributed by atoms with van der Waals surface area (Å²) in [4.78, 5) is 12.3. The van der Waals surface area contributed by atoms with Crippen LogP contribution in [0, 0.1) is 0 Å². The molecule has 2 rings (SSSR count). The number of ether oxygens (including phenoxy) is 1. The molecule has 0 aromatic carbocycles. The van der Waals surface area contributed by atoms with Crippen molar-refractivity contribution in [1.29, 1.82) is 0 Å². The number of halogens is 1. The standard InChI is InChI=1S/C11H11BrN4O/c1-17-10-4-8(2-3-13-10)5-14-11-15-6-9(12)7-16-11/h2-4,6-7H,5H2,1H3,(H,14,15,16). The van der Waals surface area contributed by atoms with E-state index in [1.807, 2.05) is 12.1 Å². The predicted molar refractivity (Wildman–Crippen MR) is 67.8 cm³/mol. The minimum Gasteiger partial charge on any atom is -0.481 e. The Labute approximate surface area is 107 Å². The van der Waals surface area contributed by atoms with E-state index < -0.39 is 0 Å². The fourth-order valence-corrected chi connectivity index (χ4v) is 1.46. The van der Waals surface area contributed by atoms with Gasteiger partial charge in [0.05, 0.1) is 11.6 Å². The van der Waals surface area contributed by atoms with Gasteiger partial charge in [0, 0.05) is 31.2 Å². The van der Waals surface area contributed by atoms with E-state index in [9.17, 15) is 0 Å². The molecule has 0 aliphatic heterocycles. The summed E-state index contributed by atoms with van der Waals surface area (Å²) in [6, 6.07) is 3.78. The monoisotopic (exact) mass is 294 g/mol. The van der Waals surface area contributed by atoms with Crippen LogP contribution in [0.2, 0.25) is 0 Å². The van der Waals surface area contributed by atoms with Crippen LogP contribution in [0.25, 0.3) is 0 Å². The summed E-state index contributed by atoms with van der Waals surface area (Å²) in [6.07, 6.45) is 5.10. The molecule has 2 aromatic heterocycles. The highest BCUT2D eigenvalue weighted by Crippen LogP contribution is 2.11. The maximum absolute atomic E-state index is 5.05. The first kappa shape index (κ1) is 11.8. The third-order valence-electron chi connectivity index (χ3n) is 2.08. The maximum atomic E-state index is 5.05. The Kier molecular flexibility index (Phi) is 3.87. The van der Waals surface area contributed by atoms with Crippen molar-refractivity contribution < 1.29 is 4.74 Å². The topological polar surface area (TPSA) is 59.9 Å². The van der Waals surface area contributed by atoms with Gasteiger partial charge in [-0.1, -0.05) is 0 Å². The van der Waals surface area contributed by atoms with Gasteiger partial charge in [-0.05, 0) is 27.6 Å². The lowest BCUT2D eigenvalue weighted by Gasteiger charge is -2.05. The van der Waals surface area contributed by atoms with Crippen molar-refractivity contribution in [2.75, 3.05) is 12.4 Å². The first-order valence-corrected chi connectivity index (χ1v) is 5.77. The molecule has 0 aliphatic carbocycles. The fourth-order valence-electron chi connectivity index (χ4n) is 1.26. The molecule has 0 radical (unpaired) electrons. The summed E-state index contributed by atoms with van der Waals surface area (Å²) in [5, 5.41) is 3.11. The molecule has 0 aliphatic rings. The number of rotatable bonds is 4. The Morgan fingerprint density at radius 2 is 2.06 bits per heavy atom. The Bertz CT molecular complexity index is 489. The van der Waals surface area contributed by atoms with Crippen molar-refractivity contribution in [3.05, 3.63) is 40.8 Å². The molecule has 0 saturated heterocycles. The van der Waals surface area contributed by atoms with Gasteiger partial charge in [-0.25, -0.2) is 15.0 Å². The van der Waals surface area contributed by atoms with Gasteiger partial charge in [-0.2, -0.15) is 0 Å². The van der Waals surface area contributed by atoms with Crippen molar-refractivity contribution >= 4 is 21.9 Å². The Morgan fingerprint density at radius 3 is 2.76 bits per heavy atom. The van der Waals surface area contributed by atoms with Gasteiger partial charge in [0.25, 0.3) is 0 Å². The average Bonchev–Trinajstić information content (AvgIpc) is 2.38. The van der Waals surface area contributed by atoms with Crippen LogP contribution in [0.3, 0.4) is 0 Å². The predicted octanol–water partition coefficient (Wildman–Crippen LogP) is 2.25. The van der Waals surface area contributed by atoms with E-state index in [0.29, 0.717) is 18.4 Å².